The van der Waals surface area contributed by atoms with Gasteiger partial charge in [0.25, 0.3) is 5.91 Å². The average molecular weight is 374 g/mol. The van der Waals surface area contributed by atoms with Crippen LogP contribution in [0.3, 0.4) is 0 Å². The van der Waals surface area contributed by atoms with E-state index in [1.807, 2.05) is 0 Å². The van der Waals surface area contributed by atoms with Crippen LogP contribution in [0.2, 0.25) is 5.02 Å². The number of hydrogen-bond acceptors (Lipinski definition) is 4. The van der Waals surface area contributed by atoms with E-state index in [4.69, 9.17) is 17.3 Å². The summed E-state index contributed by atoms with van der Waals surface area (Å²) in [6.45, 7) is 0.815. The number of halogens is 1. The summed E-state index contributed by atoms with van der Waals surface area (Å²) in [5.41, 5.74) is 5.53. The Kier molecular flexibility index (Phi) is 5.52. The van der Waals surface area contributed by atoms with Gasteiger partial charge in [0.1, 0.15) is 4.90 Å². The first-order valence-electron chi connectivity index (χ1n) is 7.45. The van der Waals surface area contributed by atoms with E-state index in [-0.39, 0.29) is 33.2 Å². The fourth-order valence-corrected chi connectivity index (χ4v) is 3.97. The molecule has 0 saturated carbocycles. The molecule has 1 heterocycles. The van der Waals surface area contributed by atoms with Gasteiger partial charge in [-0.05, 0) is 31.0 Å². The molecular weight excluding hydrogens is 354 g/mol. The Morgan fingerprint density at radius 3 is 2.33 bits per heavy atom. The summed E-state index contributed by atoms with van der Waals surface area (Å²) >= 11 is 5.99. The van der Waals surface area contributed by atoms with E-state index in [0.29, 0.717) is 25.9 Å². The van der Waals surface area contributed by atoms with Crippen LogP contribution < -0.4 is 5.73 Å². The van der Waals surface area contributed by atoms with Crippen LogP contribution in [0, 0.1) is 5.92 Å². The van der Waals surface area contributed by atoms with Crippen LogP contribution in [-0.4, -0.2) is 56.6 Å². The van der Waals surface area contributed by atoms with Gasteiger partial charge >= 0.3 is 0 Å². The van der Waals surface area contributed by atoms with Gasteiger partial charge in [-0.2, -0.15) is 0 Å². The fraction of sp³-hybridized carbons (Fsp3) is 0.467. The quantitative estimate of drug-likeness (QED) is 0.848. The van der Waals surface area contributed by atoms with Gasteiger partial charge in [-0.25, -0.2) is 12.7 Å². The molecule has 0 radical (unpaired) electrons. The molecule has 0 bridgehead atoms. The maximum Gasteiger partial charge on any atom is 0.253 e. The number of benzene rings is 1. The molecule has 0 aliphatic carbocycles. The van der Waals surface area contributed by atoms with Crippen molar-refractivity contribution in [3.63, 3.8) is 0 Å². The Bertz CT molecular complexity index is 756. The first kappa shape index (κ1) is 18.7. The van der Waals surface area contributed by atoms with E-state index >= 15 is 0 Å². The predicted octanol–water partition coefficient (Wildman–Crippen LogP) is 0.928. The Balaban J connectivity index is 2.24. The lowest BCUT2D eigenvalue weighted by molar-refractivity contribution is -0.123. The Morgan fingerprint density at radius 2 is 1.83 bits per heavy atom. The highest BCUT2D eigenvalue weighted by molar-refractivity contribution is 7.89. The van der Waals surface area contributed by atoms with Crippen molar-refractivity contribution in [3.05, 3.63) is 28.8 Å². The molecule has 1 aromatic rings. The number of nitrogens with zero attached hydrogens (tertiary/aromatic N) is 2. The van der Waals surface area contributed by atoms with Crippen LogP contribution in [0.15, 0.2) is 23.1 Å². The summed E-state index contributed by atoms with van der Waals surface area (Å²) < 4.78 is 25.6. The van der Waals surface area contributed by atoms with Crippen molar-refractivity contribution in [3.8, 4) is 0 Å². The molecule has 0 unspecified atom stereocenters. The minimum absolute atomic E-state index is 0.0627. The molecule has 1 saturated heterocycles. The monoisotopic (exact) mass is 373 g/mol. The number of amides is 2. The van der Waals surface area contributed by atoms with Crippen LogP contribution in [0.25, 0.3) is 0 Å². The van der Waals surface area contributed by atoms with Crippen molar-refractivity contribution in [1.82, 2.24) is 9.21 Å². The maximum atomic E-state index is 12.6. The van der Waals surface area contributed by atoms with Crippen LogP contribution in [-0.2, 0) is 14.8 Å². The number of sulfonamides is 1. The molecule has 7 nitrogen and oxygen atoms in total. The zero-order valence-electron chi connectivity index (χ0n) is 13.5. The van der Waals surface area contributed by atoms with Crippen LogP contribution >= 0.6 is 11.6 Å². The van der Waals surface area contributed by atoms with Crippen molar-refractivity contribution in [2.24, 2.45) is 11.7 Å². The van der Waals surface area contributed by atoms with Crippen molar-refractivity contribution >= 4 is 33.4 Å². The SMILES string of the molecule is CN(C)S(=O)(=O)c1cc(C(=O)N2CCC(C(N)=O)CC2)ccc1Cl. The molecule has 0 aromatic heterocycles. The number of piperidine rings is 1. The van der Waals surface area contributed by atoms with Crippen LogP contribution in [0.4, 0.5) is 0 Å². The van der Waals surface area contributed by atoms with Gasteiger partial charge in [0.2, 0.25) is 15.9 Å². The second-order valence-corrected chi connectivity index (χ2v) is 8.43. The summed E-state index contributed by atoms with van der Waals surface area (Å²) in [4.78, 5) is 25.3. The lowest BCUT2D eigenvalue weighted by Gasteiger charge is -2.30. The number of likely N-dealkylation sites (tertiary alicyclic amines) is 1. The highest BCUT2D eigenvalue weighted by Gasteiger charge is 2.28. The number of nitrogens with two attached hydrogens (primary N) is 1. The highest BCUT2D eigenvalue weighted by Crippen LogP contribution is 2.26. The molecule has 0 spiro atoms. The molecule has 9 heteroatoms. The molecule has 24 heavy (non-hydrogen) atoms. The summed E-state index contributed by atoms with van der Waals surface area (Å²) in [5, 5.41) is 0.0627. The lowest BCUT2D eigenvalue weighted by Crippen LogP contribution is -2.41. The van der Waals surface area contributed by atoms with E-state index in [9.17, 15) is 18.0 Å². The third kappa shape index (κ3) is 3.71. The van der Waals surface area contributed by atoms with E-state index < -0.39 is 10.0 Å². The lowest BCUT2D eigenvalue weighted by atomic mass is 9.96. The van der Waals surface area contributed by atoms with Gasteiger partial charge in [-0.15, -0.1) is 0 Å². The van der Waals surface area contributed by atoms with Crippen molar-refractivity contribution in [2.45, 2.75) is 17.7 Å². The Morgan fingerprint density at radius 1 is 1.25 bits per heavy atom. The number of primary amides is 1. The number of carbonyl (C=O) groups excluding carboxylic acids is 2. The normalized spacial score (nSPS) is 16.4. The van der Waals surface area contributed by atoms with E-state index in [0.717, 1.165) is 4.31 Å². The summed E-state index contributed by atoms with van der Waals surface area (Å²) in [6, 6.07) is 4.20. The summed E-state index contributed by atoms with van der Waals surface area (Å²) in [7, 11) is -0.950. The zero-order valence-corrected chi connectivity index (χ0v) is 15.1. The smallest absolute Gasteiger partial charge is 0.253 e. The minimum atomic E-state index is -3.74. The van der Waals surface area contributed by atoms with Gasteiger partial charge in [-0.1, -0.05) is 11.6 Å². The van der Waals surface area contributed by atoms with Gasteiger partial charge in [0, 0.05) is 38.7 Å². The molecule has 1 fully saturated rings. The van der Waals surface area contributed by atoms with Crippen LogP contribution in [0.5, 0.6) is 0 Å². The van der Waals surface area contributed by atoms with E-state index in [1.165, 1.54) is 32.3 Å². The van der Waals surface area contributed by atoms with Gasteiger partial charge in [-0.3, -0.25) is 9.59 Å². The van der Waals surface area contributed by atoms with Crippen molar-refractivity contribution in [2.75, 3.05) is 27.2 Å². The number of rotatable bonds is 4. The van der Waals surface area contributed by atoms with E-state index in [1.54, 1.807) is 4.90 Å². The van der Waals surface area contributed by atoms with Crippen LogP contribution in [0.1, 0.15) is 23.2 Å². The van der Waals surface area contributed by atoms with Crippen molar-refractivity contribution in [1.29, 1.82) is 0 Å². The molecule has 0 atom stereocenters. The third-order valence-electron chi connectivity index (χ3n) is 4.12. The largest absolute Gasteiger partial charge is 0.369 e. The molecule has 2 N–H and O–H groups in total. The Hall–Kier alpha value is -1.64. The number of carbonyl (C=O) groups is 2. The topological polar surface area (TPSA) is 101 Å². The molecule has 1 aliphatic rings. The van der Waals surface area contributed by atoms with Gasteiger partial charge < -0.3 is 10.6 Å². The third-order valence-corrected chi connectivity index (χ3v) is 6.42. The first-order valence-corrected chi connectivity index (χ1v) is 9.27. The molecule has 132 valence electrons. The molecule has 1 aromatic carbocycles. The van der Waals surface area contributed by atoms with E-state index in [2.05, 4.69) is 0 Å². The zero-order chi connectivity index (χ0) is 18.1. The summed E-state index contributed by atoms with van der Waals surface area (Å²) in [5.74, 6) is -0.860. The number of hydrogen-bond donors (Lipinski definition) is 1. The Labute approximate surface area is 146 Å². The fourth-order valence-electron chi connectivity index (χ4n) is 2.58. The van der Waals surface area contributed by atoms with Gasteiger partial charge in [0.05, 0.1) is 5.02 Å². The predicted molar refractivity (Wildman–Crippen MR) is 90.1 cm³/mol. The second-order valence-electron chi connectivity index (χ2n) is 5.90. The highest BCUT2D eigenvalue weighted by atomic mass is 35.5. The van der Waals surface area contributed by atoms with Gasteiger partial charge in [0.15, 0.2) is 0 Å². The molecular formula is C15H20ClN3O4S. The second kappa shape index (κ2) is 7.08. The molecule has 2 rings (SSSR count). The first-order chi connectivity index (χ1) is 11.1. The maximum absolute atomic E-state index is 12.6. The molecule has 1 aliphatic heterocycles. The molecule has 2 amide bonds. The average Bonchev–Trinajstić information content (AvgIpc) is 2.54. The minimum Gasteiger partial charge on any atom is -0.369 e. The van der Waals surface area contributed by atoms with Crippen molar-refractivity contribution < 1.29 is 18.0 Å². The standard InChI is InChI=1S/C15H20ClN3O4S/c1-18(2)24(22,23)13-9-11(3-4-12(13)16)15(21)19-7-5-10(6-8-19)14(17)20/h3-4,9-10H,5-8H2,1-2H3,(H2,17,20). The summed E-state index contributed by atoms with van der Waals surface area (Å²) in [6.07, 6.45) is 1.02.